The Kier molecular flexibility index (Phi) is 4.27. The first kappa shape index (κ1) is 15.4. The molecular weight excluding hydrogens is 268 g/mol. The van der Waals surface area contributed by atoms with Gasteiger partial charge in [-0.15, -0.1) is 0 Å². The molecule has 1 atom stereocenters. The molecule has 1 aliphatic heterocycles. The summed E-state index contributed by atoms with van der Waals surface area (Å²) in [5, 5.41) is 5.71. The lowest BCUT2D eigenvalue weighted by Crippen LogP contribution is -2.57. The highest BCUT2D eigenvalue weighted by Crippen LogP contribution is 2.17. The maximum absolute atomic E-state index is 11.7. The monoisotopic (exact) mass is 290 g/mol. The van der Waals surface area contributed by atoms with E-state index in [2.05, 4.69) is 36.4 Å². The van der Waals surface area contributed by atoms with Crippen LogP contribution in [0.15, 0.2) is 18.3 Å². The number of carbonyl (C=O) groups is 2. The highest BCUT2D eigenvalue weighted by atomic mass is 16.2. The van der Waals surface area contributed by atoms with E-state index in [1.807, 2.05) is 12.1 Å². The molecule has 2 N–H and O–H groups in total. The van der Waals surface area contributed by atoms with Gasteiger partial charge >= 0.3 is 0 Å². The van der Waals surface area contributed by atoms with Crippen molar-refractivity contribution < 1.29 is 9.59 Å². The van der Waals surface area contributed by atoms with Crippen LogP contribution in [0.2, 0.25) is 0 Å². The summed E-state index contributed by atoms with van der Waals surface area (Å²) in [6, 6.07) is 3.42. The largest absolute Gasteiger partial charge is 0.336 e. The zero-order valence-corrected chi connectivity index (χ0v) is 12.9. The fourth-order valence-corrected chi connectivity index (χ4v) is 2.05. The van der Waals surface area contributed by atoms with Crippen molar-refractivity contribution in [2.45, 2.75) is 45.8 Å². The molecule has 2 amide bonds. The van der Waals surface area contributed by atoms with E-state index in [0.29, 0.717) is 5.82 Å². The molecule has 21 heavy (non-hydrogen) atoms. The van der Waals surface area contributed by atoms with Crippen LogP contribution in [0, 0.1) is 0 Å². The van der Waals surface area contributed by atoms with Gasteiger partial charge in [-0.25, -0.2) is 4.98 Å². The van der Waals surface area contributed by atoms with Gasteiger partial charge in [0.05, 0.1) is 6.54 Å². The minimum atomic E-state index is -0.395. The van der Waals surface area contributed by atoms with Gasteiger partial charge in [0, 0.05) is 18.3 Å². The molecule has 0 bridgehead atoms. The summed E-state index contributed by atoms with van der Waals surface area (Å²) in [7, 11) is 0. The number of hydrogen-bond acceptors (Lipinski definition) is 5. The number of pyridine rings is 1. The number of nitrogens with zero attached hydrogens (tertiary/aromatic N) is 2. The molecule has 6 heteroatoms. The molecule has 1 aromatic heterocycles. The van der Waals surface area contributed by atoms with Crippen molar-refractivity contribution in [3.63, 3.8) is 0 Å². The average molecular weight is 290 g/mol. The normalized spacial score (nSPS) is 19.6. The second-order valence-electron chi connectivity index (χ2n) is 6.34. The predicted octanol–water partition coefficient (Wildman–Crippen LogP) is 0.821. The molecule has 114 valence electrons. The number of piperazine rings is 1. The Bertz CT molecular complexity index is 534. The molecule has 0 spiro atoms. The molecule has 2 heterocycles. The van der Waals surface area contributed by atoms with Crippen LogP contribution in [0.4, 0.5) is 5.82 Å². The first-order valence-electron chi connectivity index (χ1n) is 7.06. The summed E-state index contributed by atoms with van der Waals surface area (Å²) in [5.74, 6) is 0.0649. The Labute approximate surface area is 124 Å². The second kappa shape index (κ2) is 5.81. The van der Waals surface area contributed by atoms with Gasteiger partial charge in [0.15, 0.2) is 0 Å². The number of carbonyl (C=O) groups excluding carboxylic acids is 2. The number of hydrogen-bond donors (Lipinski definition) is 2. The lowest BCUT2D eigenvalue weighted by molar-refractivity contribution is -0.132. The zero-order chi connectivity index (χ0) is 15.6. The van der Waals surface area contributed by atoms with Crippen LogP contribution in [0.5, 0.6) is 0 Å². The Morgan fingerprint density at radius 2 is 2.10 bits per heavy atom. The van der Waals surface area contributed by atoms with Crippen molar-refractivity contribution in [1.29, 1.82) is 0 Å². The quantitative estimate of drug-likeness (QED) is 0.806. The van der Waals surface area contributed by atoms with Crippen LogP contribution in [0.1, 0.15) is 33.3 Å². The Balaban J connectivity index is 2.07. The zero-order valence-electron chi connectivity index (χ0n) is 12.9. The number of rotatable bonds is 3. The molecule has 1 fully saturated rings. The molecule has 0 aromatic carbocycles. The third-order valence-corrected chi connectivity index (χ3v) is 3.35. The predicted molar refractivity (Wildman–Crippen MR) is 80.8 cm³/mol. The van der Waals surface area contributed by atoms with Gasteiger partial charge in [-0.3, -0.25) is 14.9 Å². The van der Waals surface area contributed by atoms with Crippen molar-refractivity contribution >= 4 is 17.6 Å². The summed E-state index contributed by atoms with van der Waals surface area (Å²) in [4.78, 5) is 29.2. The average Bonchev–Trinajstić information content (AvgIpc) is 2.40. The lowest BCUT2D eigenvalue weighted by atomic mass is 10.1. The van der Waals surface area contributed by atoms with E-state index in [1.165, 1.54) is 0 Å². The summed E-state index contributed by atoms with van der Waals surface area (Å²) in [5.41, 5.74) is 1.11. The van der Waals surface area contributed by atoms with E-state index in [9.17, 15) is 9.59 Å². The maximum atomic E-state index is 11.7. The van der Waals surface area contributed by atoms with E-state index in [0.717, 1.165) is 12.1 Å². The van der Waals surface area contributed by atoms with Crippen molar-refractivity contribution in [2.75, 3.05) is 11.4 Å². The molecule has 6 nitrogen and oxygen atoms in total. The van der Waals surface area contributed by atoms with Gasteiger partial charge in [0.25, 0.3) is 0 Å². The minimum Gasteiger partial charge on any atom is -0.336 e. The van der Waals surface area contributed by atoms with Crippen LogP contribution in [-0.4, -0.2) is 34.9 Å². The fraction of sp³-hybridized carbons (Fsp3) is 0.533. The summed E-state index contributed by atoms with van der Waals surface area (Å²) < 4.78 is 0. The Morgan fingerprint density at radius 1 is 1.38 bits per heavy atom. The molecule has 1 aromatic rings. The third-order valence-electron chi connectivity index (χ3n) is 3.35. The van der Waals surface area contributed by atoms with Gasteiger partial charge < -0.3 is 10.2 Å². The number of amides is 2. The van der Waals surface area contributed by atoms with Crippen molar-refractivity contribution in [2.24, 2.45) is 0 Å². The Morgan fingerprint density at radius 3 is 2.67 bits per heavy atom. The van der Waals surface area contributed by atoms with E-state index in [-0.39, 0.29) is 23.9 Å². The van der Waals surface area contributed by atoms with E-state index in [1.54, 1.807) is 18.0 Å². The smallest absolute Gasteiger partial charge is 0.249 e. The second-order valence-corrected chi connectivity index (χ2v) is 6.34. The van der Waals surface area contributed by atoms with E-state index in [4.69, 9.17) is 0 Å². The highest BCUT2D eigenvalue weighted by Gasteiger charge is 2.30. The van der Waals surface area contributed by atoms with E-state index < -0.39 is 6.04 Å². The van der Waals surface area contributed by atoms with Crippen LogP contribution < -0.4 is 15.5 Å². The number of anilines is 1. The standard InChI is InChI=1S/C15H22N4O2/c1-10-14(21)18-13(20)9-19(10)12-6-5-11(7-16-12)8-17-15(2,3)4/h5-7,10,17H,8-9H2,1-4H3,(H,18,20,21). The van der Waals surface area contributed by atoms with Crippen LogP contribution in [-0.2, 0) is 16.1 Å². The molecule has 2 rings (SSSR count). The first-order valence-corrected chi connectivity index (χ1v) is 7.06. The molecule has 0 aliphatic carbocycles. The van der Waals surface area contributed by atoms with Crippen LogP contribution in [0.3, 0.4) is 0 Å². The van der Waals surface area contributed by atoms with E-state index >= 15 is 0 Å². The van der Waals surface area contributed by atoms with Gasteiger partial charge in [-0.1, -0.05) is 6.07 Å². The van der Waals surface area contributed by atoms with Gasteiger partial charge in [-0.05, 0) is 39.3 Å². The molecule has 1 saturated heterocycles. The first-order chi connectivity index (χ1) is 9.76. The van der Waals surface area contributed by atoms with Crippen molar-refractivity contribution in [1.82, 2.24) is 15.6 Å². The van der Waals surface area contributed by atoms with Crippen LogP contribution in [0.25, 0.3) is 0 Å². The molecule has 0 radical (unpaired) electrons. The van der Waals surface area contributed by atoms with Crippen LogP contribution >= 0.6 is 0 Å². The topological polar surface area (TPSA) is 74.3 Å². The Hall–Kier alpha value is -1.95. The summed E-state index contributed by atoms with van der Waals surface area (Å²) in [6.45, 7) is 8.96. The molecular formula is C15H22N4O2. The lowest BCUT2D eigenvalue weighted by Gasteiger charge is -2.32. The highest BCUT2D eigenvalue weighted by molar-refractivity contribution is 6.04. The van der Waals surface area contributed by atoms with Crippen molar-refractivity contribution in [3.8, 4) is 0 Å². The van der Waals surface area contributed by atoms with Gasteiger partial charge in [-0.2, -0.15) is 0 Å². The minimum absolute atomic E-state index is 0.0462. The number of imide groups is 1. The maximum Gasteiger partial charge on any atom is 0.249 e. The summed E-state index contributed by atoms with van der Waals surface area (Å²) >= 11 is 0. The SMILES string of the molecule is CC1C(=O)NC(=O)CN1c1ccc(CNC(C)(C)C)cn1. The van der Waals surface area contributed by atoms with Crippen molar-refractivity contribution in [3.05, 3.63) is 23.9 Å². The van der Waals surface area contributed by atoms with Gasteiger partial charge in [0.2, 0.25) is 11.8 Å². The summed E-state index contributed by atoms with van der Waals surface area (Å²) in [6.07, 6.45) is 1.78. The number of aromatic nitrogens is 1. The number of nitrogens with one attached hydrogen (secondary N) is 2. The molecule has 1 unspecified atom stereocenters. The molecule has 0 saturated carbocycles. The van der Waals surface area contributed by atoms with Gasteiger partial charge in [0.1, 0.15) is 11.9 Å². The fourth-order valence-electron chi connectivity index (χ4n) is 2.05. The molecule has 1 aliphatic rings. The third kappa shape index (κ3) is 4.01.